The van der Waals surface area contributed by atoms with Gasteiger partial charge in [-0.2, -0.15) is 0 Å². The smallest absolute Gasteiger partial charge is 0.350 e. The van der Waals surface area contributed by atoms with E-state index in [1.807, 2.05) is 6.92 Å². The summed E-state index contributed by atoms with van der Waals surface area (Å²) in [6, 6.07) is 8.94. The van der Waals surface area contributed by atoms with Gasteiger partial charge in [-0.05, 0) is 69.2 Å². The van der Waals surface area contributed by atoms with Crippen LogP contribution in [-0.2, 0) is 14.3 Å². The number of aromatic nitrogens is 1. The molecule has 0 bridgehead atoms. The van der Waals surface area contributed by atoms with Crippen LogP contribution in [0.1, 0.15) is 51.9 Å². The third kappa shape index (κ3) is 5.12. The van der Waals surface area contributed by atoms with Crippen LogP contribution in [-0.4, -0.2) is 55.2 Å². The lowest BCUT2D eigenvalue weighted by Crippen LogP contribution is -2.29. The number of hydrogen-bond acceptors (Lipinski definition) is 10. The molecule has 1 aliphatic rings. The van der Waals surface area contributed by atoms with Gasteiger partial charge in [-0.25, -0.2) is 9.78 Å². The van der Waals surface area contributed by atoms with Crippen molar-refractivity contribution in [3.63, 3.8) is 0 Å². The van der Waals surface area contributed by atoms with E-state index in [2.05, 4.69) is 4.98 Å². The second-order valence-corrected chi connectivity index (χ2v) is 9.80. The van der Waals surface area contributed by atoms with Crippen LogP contribution in [0.3, 0.4) is 0 Å². The highest BCUT2D eigenvalue weighted by Gasteiger charge is 2.48. The number of methoxy groups -OCH3 is 2. The van der Waals surface area contributed by atoms with Crippen molar-refractivity contribution in [1.29, 1.82) is 0 Å². The summed E-state index contributed by atoms with van der Waals surface area (Å²) < 4.78 is 21.6. The lowest BCUT2D eigenvalue weighted by Gasteiger charge is -2.24. The first-order valence-electron chi connectivity index (χ1n) is 12.6. The van der Waals surface area contributed by atoms with E-state index < -0.39 is 23.7 Å². The van der Waals surface area contributed by atoms with Crippen molar-refractivity contribution in [2.45, 2.75) is 33.7 Å². The van der Waals surface area contributed by atoms with E-state index in [4.69, 9.17) is 18.9 Å². The number of nitrogens with zero attached hydrogens (tertiary/aromatic N) is 2. The third-order valence-electron chi connectivity index (χ3n) is 6.39. The molecule has 0 radical (unpaired) electrons. The van der Waals surface area contributed by atoms with Gasteiger partial charge in [0, 0.05) is 5.56 Å². The Morgan fingerprint density at radius 2 is 1.77 bits per heavy atom. The Hall–Kier alpha value is -4.38. The van der Waals surface area contributed by atoms with Gasteiger partial charge in [0.15, 0.2) is 16.6 Å². The number of benzene rings is 2. The molecule has 3 aromatic rings. The van der Waals surface area contributed by atoms with E-state index in [0.29, 0.717) is 46.2 Å². The van der Waals surface area contributed by atoms with Gasteiger partial charge in [0.1, 0.15) is 16.4 Å². The number of aliphatic hydroxyl groups is 1. The van der Waals surface area contributed by atoms with Gasteiger partial charge in [-0.1, -0.05) is 17.4 Å². The minimum Gasteiger partial charge on any atom is -0.507 e. The standard InChI is InChI=1S/C29H30N2O8S/c1-7-38-20-12-9-17(14-21(20)37-6)23-22(24(32)19-11-10-18(36-5)13-15(19)3)25(33)27(34)31(23)29-30-16(4)26(40-29)28(35)39-8-2/h9-14,23,32H,7-8H2,1-6H3/t23-/m1/s1. The number of aryl methyl sites for hydroxylation is 2. The first kappa shape index (κ1) is 28.6. The van der Waals surface area contributed by atoms with Crippen LogP contribution in [0.15, 0.2) is 42.0 Å². The van der Waals surface area contributed by atoms with Crippen molar-refractivity contribution in [2.75, 3.05) is 32.3 Å². The first-order valence-corrected chi connectivity index (χ1v) is 13.4. The highest BCUT2D eigenvalue weighted by Crippen LogP contribution is 2.46. The third-order valence-corrected chi connectivity index (χ3v) is 7.53. The van der Waals surface area contributed by atoms with Crippen molar-refractivity contribution in [3.05, 3.63) is 69.2 Å². The average molecular weight is 567 g/mol. The Balaban J connectivity index is 1.96. The molecule has 1 aliphatic heterocycles. The number of carbonyl (C=O) groups is 3. The number of ketones is 1. The molecule has 1 atom stereocenters. The van der Waals surface area contributed by atoms with Crippen LogP contribution < -0.4 is 19.1 Å². The minimum atomic E-state index is -1.08. The summed E-state index contributed by atoms with van der Waals surface area (Å²) >= 11 is 0.938. The molecule has 1 N–H and O–H groups in total. The summed E-state index contributed by atoms with van der Waals surface area (Å²) in [5.74, 6) is -1.27. The molecular formula is C29H30N2O8S. The number of aliphatic hydroxyl groups excluding tert-OH is 1. The number of esters is 1. The number of thiazole rings is 1. The van der Waals surface area contributed by atoms with E-state index in [0.717, 1.165) is 11.3 Å². The topological polar surface area (TPSA) is 124 Å². The van der Waals surface area contributed by atoms with Gasteiger partial charge in [-0.3, -0.25) is 14.5 Å². The number of Topliss-reactive ketones (excluding diaryl/α,β-unsaturated/α-hetero) is 1. The zero-order valence-electron chi connectivity index (χ0n) is 23.1. The van der Waals surface area contributed by atoms with Crippen LogP contribution in [0.4, 0.5) is 5.13 Å². The molecule has 1 saturated heterocycles. The lowest BCUT2D eigenvalue weighted by molar-refractivity contribution is -0.132. The quantitative estimate of drug-likeness (QED) is 0.165. The predicted molar refractivity (Wildman–Crippen MR) is 149 cm³/mol. The normalized spacial score (nSPS) is 16.2. The Bertz CT molecular complexity index is 1510. The maximum atomic E-state index is 13.6. The fourth-order valence-corrected chi connectivity index (χ4v) is 5.51. The fourth-order valence-electron chi connectivity index (χ4n) is 4.52. The highest BCUT2D eigenvalue weighted by molar-refractivity contribution is 7.17. The van der Waals surface area contributed by atoms with E-state index in [9.17, 15) is 19.5 Å². The van der Waals surface area contributed by atoms with E-state index in [1.54, 1.807) is 57.2 Å². The molecular weight excluding hydrogens is 536 g/mol. The van der Waals surface area contributed by atoms with Crippen LogP contribution in [0.2, 0.25) is 0 Å². The number of hydrogen-bond donors (Lipinski definition) is 1. The monoisotopic (exact) mass is 566 g/mol. The molecule has 40 heavy (non-hydrogen) atoms. The molecule has 2 heterocycles. The maximum absolute atomic E-state index is 13.6. The van der Waals surface area contributed by atoms with Crippen molar-refractivity contribution >= 4 is 39.9 Å². The van der Waals surface area contributed by atoms with Gasteiger partial charge < -0.3 is 24.1 Å². The number of ether oxygens (including phenoxy) is 4. The van der Waals surface area contributed by atoms with Gasteiger partial charge in [0.05, 0.1) is 44.7 Å². The maximum Gasteiger partial charge on any atom is 0.350 e. The molecule has 1 fully saturated rings. The lowest BCUT2D eigenvalue weighted by atomic mass is 9.93. The molecule has 4 rings (SSSR count). The summed E-state index contributed by atoms with van der Waals surface area (Å²) in [5, 5.41) is 11.6. The zero-order chi connectivity index (χ0) is 29.1. The number of anilines is 1. The number of rotatable bonds is 9. The van der Waals surface area contributed by atoms with Crippen LogP contribution in [0.5, 0.6) is 17.2 Å². The summed E-state index contributed by atoms with van der Waals surface area (Å²) in [4.78, 5) is 45.5. The Kier molecular flexibility index (Phi) is 8.43. The van der Waals surface area contributed by atoms with E-state index >= 15 is 0 Å². The minimum absolute atomic E-state index is 0.117. The summed E-state index contributed by atoms with van der Waals surface area (Å²) in [6.07, 6.45) is 0. The van der Waals surface area contributed by atoms with Crippen LogP contribution in [0.25, 0.3) is 5.76 Å². The molecule has 2 aromatic carbocycles. The van der Waals surface area contributed by atoms with Gasteiger partial charge in [0.25, 0.3) is 5.78 Å². The average Bonchev–Trinajstić information content (AvgIpc) is 3.45. The zero-order valence-corrected chi connectivity index (χ0v) is 23.9. The SMILES string of the molecule is CCOC(=O)c1sc(N2C(=O)C(=O)C(=C(O)c3ccc(OC)cc3C)[C@H]2c2ccc(OCC)c(OC)c2)nc1C. The molecule has 0 aliphatic carbocycles. The molecule has 0 spiro atoms. The molecule has 0 unspecified atom stereocenters. The summed E-state index contributed by atoms with van der Waals surface area (Å²) in [5.41, 5.74) is 1.70. The molecule has 1 aromatic heterocycles. The largest absolute Gasteiger partial charge is 0.507 e. The van der Waals surface area contributed by atoms with Gasteiger partial charge in [0.2, 0.25) is 0 Å². The van der Waals surface area contributed by atoms with Crippen molar-refractivity contribution in [3.8, 4) is 17.2 Å². The van der Waals surface area contributed by atoms with E-state index in [1.165, 1.54) is 19.1 Å². The van der Waals surface area contributed by atoms with Gasteiger partial charge in [-0.15, -0.1) is 0 Å². The summed E-state index contributed by atoms with van der Waals surface area (Å²) in [7, 11) is 3.01. The molecule has 0 saturated carbocycles. The molecule has 11 heteroatoms. The van der Waals surface area contributed by atoms with Gasteiger partial charge >= 0.3 is 11.9 Å². The van der Waals surface area contributed by atoms with Crippen molar-refractivity contribution in [2.24, 2.45) is 0 Å². The Morgan fingerprint density at radius 3 is 2.40 bits per heavy atom. The summed E-state index contributed by atoms with van der Waals surface area (Å²) in [6.45, 7) is 7.49. The molecule has 210 valence electrons. The second-order valence-electron chi connectivity index (χ2n) is 8.82. The van der Waals surface area contributed by atoms with Crippen molar-refractivity contribution in [1.82, 2.24) is 4.98 Å². The first-order chi connectivity index (χ1) is 19.2. The number of amides is 1. The number of carbonyl (C=O) groups excluding carboxylic acids is 3. The molecule has 10 nitrogen and oxygen atoms in total. The Labute approximate surface area is 235 Å². The fraction of sp³-hybridized carbons (Fsp3) is 0.310. The van der Waals surface area contributed by atoms with Crippen LogP contribution >= 0.6 is 11.3 Å². The van der Waals surface area contributed by atoms with Crippen LogP contribution in [0, 0.1) is 13.8 Å². The predicted octanol–water partition coefficient (Wildman–Crippen LogP) is 4.98. The molecule has 1 amide bonds. The van der Waals surface area contributed by atoms with E-state index in [-0.39, 0.29) is 27.9 Å². The highest BCUT2D eigenvalue weighted by atomic mass is 32.1. The van der Waals surface area contributed by atoms with Crippen molar-refractivity contribution < 1.29 is 38.4 Å². The Morgan fingerprint density at radius 1 is 1.02 bits per heavy atom. The second kappa shape index (κ2) is 11.8.